The van der Waals surface area contributed by atoms with Crippen molar-refractivity contribution in [3.63, 3.8) is 0 Å². The molecule has 0 unspecified atom stereocenters. The number of rotatable bonds is 2. The third kappa shape index (κ3) is 3.16. The Morgan fingerprint density at radius 2 is 2.00 bits per heavy atom. The fourth-order valence-electron chi connectivity index (χ4n) is 2.95. The molecular formula is C18H21N3O. The van der Waals surface area contributed by atoms with Crippen LogP contribution in [0, 0.1) is 6.92 Å². The van der Waals surface area contributed by atoms with E-state index in [0.717, 1.165) is 43.0 Å². The quantitative estimate of drug-likeness (QED) is 0.855. The van der Waals surface area contributed by atoms with Crippen molar-refractivity contribution in [1.82, 2.24) is 14.9 Å². The Labute approximate surface area is 131 Å². The third-order valence-electron chi connectivity index (χ3n) is 4.27. The molecule has 0 saturated carbocycles. The van der Waals surface area contributed by atoms with E-state index < -0.39 is 0 Å². The summed E-state index contributed by atoms with van der Waals surface area (Å²) in [6.07, 6.45) is 3.94. The molecule has 0 bridgehead atoms. The maximum Gasteiger partial charge on any atom is 0.219 e. The van der Waals surface area contributed by atoms with E-state index in [9.17, 15) is 4.79 Å². The molecule has 114 valence electrons. The van der Waals surface area contributed by atoms with Gasteiger partial charge in [0.05, 0.1) is 0 Å². The molecule has 1 amide bonds. The first-order valence-electron chi connectivity index (χ1n) is 7.79. The second kappa shape index (κ2) is 6.26. The zero-order valence-corrected chi connectivity index (χ0v) is 13.1. The SMILES string of the molecule is CC(=O)N1CCC[C@H](c2ccnc(-c3ccc(C)cc3)n2)C1. The highest BCUT2D eigenvalue weighted by Gasteiger charge is 2.24. The Morgan fingerprint density at radius 3 is 2.73 bits per heavy atom. The van der Waals surface area contributed by atoms with Gasteiger partial charge in [0.2, 0.25) is 5.91 Å². The van der Waals surface area contributed by atoms with Gasteiger partial charge < -0.3 is 4.90 Å². The van der Waals surface area contributed by atoms with Crippen LogP contribution in [0.4, 0.5) is 0 Å². The van der Waals surface area contributed by atoms with Crippen molar-refractivity contribution in [2.75, 3.05) is 13.1 Å². The number of benzene rings is 1. The number of aryl methyl sites for hydroxylation is 1. The van der Waals surface area contributed by atoms with Crippen molar-refractivity contribution in [3.8, 4) is 11.4 Å². The van der Waals surface area contributed by atoms with Crippen LogP contribution in [-0.2, 0) is 4.79 Å². The van der Waals surface area contributed by atoms with Gasteiger partial charge in [-0.15, -0.1) is 0 Å². The molecule has 1 saturated heterocycles. The first-order valence-corrected chi connectivity index (χ1v) is 7.79. The van der Waals surface area contributed by atoms with Gasteiger partial charge in [0.25, 0.3) is 0 Å². The number of carbonyl (C=O) groups is 1. The van der Waals surface area contributed by atoms with Gasteiger partial charge in [-0.25, -0.2) is 9.97 Å². The lowest BCUT2D eigenvalue weighted by Gasteiger charge is -2.31. The van der Waals surface area contributed by atoms with Crippen LogP contribution in [0.15, 0.2) is 36.5 Å². The zero-order chi connectivity index (χ0) is 15.5. The second-order valence-corrected chi connectivity index (χ2v) is 5.98. The summed E-state index contributed by atoms with van der Waals surface area (Å²) in [6.45, 7) is 5.33. The smallest absolute Gasteiger partial charge is 0.219 e. The van der Waals surface area contributed by atoms with Gasteiger partial charge >= 0.3 is 0 Å². The Bertz CT molecular complexity index is 666. The Morgan fingerprint density at radius 1 is 1.23 bits per heavy atom. The third-order valence-corrected chi connectivity index (χ3v) is 4.27. The standard InChI is InChI=1S/C18H21N3O/c1-13-5-7-15(8-6-13)18-19-10-9-17(20-18)16-4-3-11-21(12-16)14(2)22/h5-10,16H,3-4,11-12H2,1-2H3/t16-/m0/s1. The average Bonchev–Trinajstić information content (AvgIpc) is 2.56. The van der Waals surface area contributed by atoms with Crippen molar-refractivity contribution in [3.05, 3.63) is 47.8 Å². The van der Waals surface area contributed by atoms with Crippen LogP contribution >= 0.6 is 0 Å². The zero-order valence-electron chi connectivity index (χ0n) is 13.1. The summed E-state index contributed by atoms with van der Waals surface area (Å²) >= 11 is 0. The summed E-state index contributed by atoms with van der Waals surface area (Å²) in [5.74, 6) is 1.22. The van der Waals surface area contributed by atoms with Gasteiger partial charge in [-0.1, -0.05) is 29.8 Å². The van der Waals surface area contributed by atoms with Gasteiger partial charge in [-0.2, -0.15) is 0 Å². The predicted molar refractivity (Wildman–Crippen MR) is 86.4 cm³/mol. The lowest BCUT2D eigenvalue weighted by molar-refractivity contribution is -0.130. The maximum atomic E-state index is 11.6. The van der Waals surface area contributed by atoms with Crippen molar-refractivity contribution in [2.24, 2.45) is 0 Å². The Kier molecular flexibility index (Phi) is 4.18. The van der Waals surface area contributed by atoms with Crippen LogP contribution in [0.25, 0.3) is 11.4 Å². The minimum Gasteiger partial charge on any atom is -0.342 e. The van der Waals surface area contributed by atoms with E-state index in [1.165, 1.54) is 5.56 Å². The fraction of sp³-hybridized carbons (Fsp3) is 0.389. The molecule has 0 N–H and O–H groups in total. The van der Waals surface area contributed by atoms with E-state index in [1.54, 1.807) is 6.92 Å². The summed E-state index contributed by atoms with van der Waals surface area (Å²) in [7, 11) is 0. The van der Waals surface area contributed by atoms with Gasteiger partial charge in [-0.3, -0.25) is 4.79 Å². The summed E-state index contributed by atoms with van der Waals surface area (Å²) in [5, 5.41) is 0. The molecule has 1 aliphatic rings. The molecule has 0 aliphatic carbocycles. The molecule has 1 atom stereocenters. The molecule has 0 radical (unpaired) electrons. The highest BCUT2D eigenvalue weighted by atomic mass is 16.2. The molecule has 0 spiro atoms. The molecule has 4 nitrogen and oxygen atoms in total. The summed E-state index contributed by atoms with van der Waals surface area (Å²) < 4.78 is 0. The fourth-order valence-corrected chi connectivity index (χ4v) is 2.95. The van der Waals surface area contributed by atoms with Gasteiger partial charge in [0.15, 0.2) is 5.82 Å². The van der Waals surface area contributed by atoms with Crippen LogP contribution in [0.3, 0.4) is 0 Å². The number of carbonyl (C=O) groups excluding carboxylic acids is 1. The molecule has 1 aromatic carbocycles. The van der Waals surface area contributed by atoms with Crippen molar-refractivity contribution in [1.29, 1.82) is 0 Å². The predicted octanol–water partition coefficient (Wildman–Crippen LogP) is 3.18. The lowest BCUT2D eigenvalue weighted by Crippen LogP contribution is -2.37. The lowest BCUT2D eigenvalue weighted by atomic mass is 9.94. The Hall–Kier alpha value is -2.23. The molecule has 22 heavy (non-hydrogen) atoms. The average molecular weight is 295 g/mol. The monoisotopic (exact) mass is 295 g/mol. The molecule has 2 heterocycles. The van der Waals surface area contributed by atoms with Gasteiger partial charge in [0, 0.05) is 43.4 Å². The number of piperidine rings is 1. The summed E-state index contributed by atoms with van der Waals surface area (Å²) in [6, 6.07) is 10.2. The molecule has 1 fully saturated rings. The topological polar surface area (TPSA) is 46.1 Å². The normalized spacial score (nSPS) is 18.3. The highest BCUT2D eigenvalue weighted by molar-refractivity contribution is 5.73. The Balaban J connectivity index is 1.84. The molecular weight excluding hydrogens is 274 g/mol. The molecule has 3 rings (SSSR count). The largest absolute Gasteiger partial charge is 0.342 e. The van der Waals surface area contributed by atoms with Crippen molar-refractivity contribution < 1.29 is 4.79 Å². The molecule has 1 aromatic heterocycles. The number of amides is 1. The number of nitrogens with zero attached hydrogens (tertiary/aromatic N) is 3. The number of hydrogen-bond acceptors (Lipinski definition) is 3. The van der Waals surface area contributed by atoms with Crippen LogP contribution in [0.2, 0.25) is 0 Å². The number of likely N-dealkylation sites (tertiary alicyclic amines) is 1. The maximum absolute atomic E-state index is 11.6. The van der Waals surface area contributed by atoms with Crippen LogP contribution in [0.5, 0.6) is 0 Å². The van der Waals surface area contributed by atoms with Crippen LogP contribution in [-0.4, -0.2) is 33.9 Å². The van der Waals surface area contributed by atoms with E-state index in [1.807, 2.05) is 17.2 Å². The van der Waals surface area contributed by atoms with Crippen LogP contribution < -0.4 is 0 Å². The van der Waals surface area contributed by atoms with E-state index in [0.29, 0.717) is 5.92 Å². The van der Waals surface area contributed by atoms with Crippen molar-refractivity contribution >= 4 is 5.91 Å². The minimum absolute atomic E-state index is 0.150. The summed E-state index contributed by atoms with van der Waals surface area (Å²) in [5.41, 5.74) is 3.30. The van der Waals surface area contributed by atoms with Gasteiger partial charge in [0.1, 0.15) is 0 Å². The van der Waals surface area contributed by atoms with Crippen LogP contribution in [0.1, 0.15) is 36.9 Å². The second-order valence-electron chi connectivity index (χ2n) is 5.98. The molecule has 2 aromatic rings. The van der Waals surface area contributed by atoms with Crippen molar-refractivity contribution in [2.45, 2.75) is 32.6 Å². The number of hydrogen-bond donors (Lipinski definition) is 0. The van der Waals surface area contributed by atoms with Gasteiger partial charge in [-0.05, 0) is 25.8 Å². The van der Waals surface area contributed by atoms with E-state index in [-0.39, 0.29) is 5.91 Å². The molecule has 4 heteroatoms. The van der Waals surface area contributed by atoms with E-state index >= 15 is 0 Å². The molecule has 1 aliphatic heterocycles. The van der Waals surface area contributed by atoms with E-state index in [2.05, 4.69) is 36.2 Å². The first-order chi connectivity index (χ1) is 10.6. The number of aromatic nitrogens is 2. The van der Waals surface area contributed by atoms with E-state index in [4.69, 9.17) is 4.98 Å². The highest BCUT2D eigenvalue weighted by Crippen LogP contribution is 2.26. The first kappa shape index (κ1) is 14.7. The summed E-state index contributed by atoms with van der Waals surface area (Å²) in [4.78, 5) is 22.6. The minimum atomic E-state index is 0.150.